The molecule has 0 saturated heterocycles. The molecule has 1 aromatic heterocycles. The lowest BCUT2D eigenvalue weighted by Gasteiger charge is -2.22. The Kier molecular flexibility index (Phi) is 4.62. The maximum Gasteiger partial charge on any atom is 0.215 e. The lowest BCUT2D eigenvalue weighted by atomic mass is 10.0. The Morgan fingerprint density at radius 3 is 2.50 bits per heavy atom. The van der Waals surface area contributed by atoms with E-state index in [2.05, 4.69) is 10.3 Å². The molecule has 0 spiro atoms. The minimum Gasteiger partial charge on any atom is -0.369 e. The predicted molar refractivity (Wildman–Crippen MR) is 76.9 cm³/mol. The molecule has 2 unspecified atom stereocenters. The number of pyridine rings is 1. The van der Waals surface area contributed by atoms with Crippen LogP contribution in [-0.2, 0) is 0 Å². The number of nitrogens with one attached hydrogen (secondary N) is 1. The summed E-state index contributed by atoms with van der Waals surface area (Å²) in [5.74, 6) is -0.494. The van der Waals surface area contributed by atoms with Gasteiger partial charge in [0, 0.05) is 16.8 Å². The molecule has 2 atom stereocenters. The normalized spacial score (nSPS) is 13.4. The van der Waals surface area contributed by atoms with E-state index in [0.717, 1.165) is 5.69 Å². The van der Waals surface area contributed by atoms with Crippen LogP contribution in [0.25, 0.3) is 0 Å². The average molecular weight is 272 g/mol. The van der Waals surface area contributed by atoms with E-state index in [1.165, 1.54) is 0 Å². The molecule has 0 radical (unpaired) electrons. The molecule has 3 N–H and O–H groups in total. The van der Waals surface area contributed by atoms with Gasteiger partial charge in [0.15, 0.2) is 0 Å². The van der Waals surface area contributed by atoms with Gasteiger partial charge in [-0.25, -0.2) is 0 Å². The van der Waals surface area contributed by atoms with Crippen molar-refractivity contribution in [3.8, 4) is 0 Å². The molecule has 0 fully saturated rings. The lowest BCUT2D eigenvalue weighted by Crippen LogP contribution is -2.39. The van der Waals surface area contributed by atoms with Crippen LogP contribution in [-0.4, -0.2) is 22.6 Å². The smallest absolute Gasteiger partial charge is 0.215 e. The molecular formula is C14H16N4O2. The third-order valence-electron chi connectivity index (χ3n) is 2.95. The Labute approximate surface area is 116 Å². The fourth-order valence-electron chi connectivity index (χ4n) is 1.97. The summed E-state index contributed by atoms with van der Waals surface area (Å²) in [6, 6.07) is 14.7. The van der Waals surface area contributed by atoms with Crippen molar-refractivity contribution in [3.05, 3.63) is 70.5 Å². The summed E-state index contributed by atoms with van der Waals surface area (Å²) in [4.78, 5) is 14.6. The summed E-state index contributed by atoms with van der Waals surface area (Å²) in [7, 11) is 0. The fraction of sp³-hybridized carbons (Fsp3) is 0.214. The molecule has 0 aliphatic carbocycles. The van der Waals surface area contributed by atoms with Crippen molar-refractivity contribution in [1.82, 2.24) is 4.98 Å². The number of nitrogens with zero attached hydrogens (tertiary/aromatic N) is 2. The van der Waals surface area contributed by atoms with Crippen molar-refractivity contribution < 1.29 is 4.92 Å². The van der Waals surface area contributed by atoms with E-state index in [9.17, 15) is 10.1 Å². The molecule has 1 heterocycles. The third kappa shape index (κ3) is 3.76. The van der Waals surface area contributed by atoms with Crippen molar-refractivity contribution in [2.75, 3.05) is 11.9 Å². The van der Waals surface area contributed by atoms with E-state index in [1.54, 1.807) is 24.4 Å². The second-order valence-electron chi connectivity index (χ2n) is 4.41. The van der Waals surface area contributed by atoms with Crippen LogP contribution in [0.2, 0.25) is 0 Å². The molecule has 6 heteroatoms. The van der Waals surface area contributed by atoms with E-state index in [4.69, 9.17) is 5.73 Å². The van der Waals surface area contributed by atoms with E-state index in [0.29, 0.717) is 5.69 Å². The molecule has 0 saturated carbocycles. The molecule has 0 bridgehead atoms. The number of para-hydroxylation sites is 1. The summed E-state index contributed by atoms with van der Waals surface area (Å²) in [6.45, 7) is -0.266. The number of benzene rings is 1. The highest BCUT2D eigenvalue weighted by atomic mass is 16.6. The number of hydrogen-bond donors (Lipinski definition) is 2. The van der Waals surface area contributed by atoms with Gasteiger partial charge in [-0.05, 0) is 24.3 Å². The Balaban J connectivity index is 2.16. The zero-order valence-electron chi connectivity index (χ0n) is 10.8. The molecule has 104 valence electrons. The highest BCUT2D eigenvalue weighted by Crippen LogP contribution is 2.18. The zero-order valence-corrected chi connectivity index (χ0v) is 10.8. The van der Waals surface area contributed by atoms with Crippen LogP contribution in [0.3, 0.4) is 0 Å². The van der Waals surface area contributed by atoms with Crippen molar-refractivity contribution in [1.29, 1.82) is 0 Å². The maximum absolute atomic E-state index is 10.8. The molecule has 0 aliphatic heterocycles. The van der Waals surface area contributed by atoms with Gasteiger partial charge in [0.25, 0.3) is 0 Å². The van der Waals surface area contributed by atoms with Gasteiger partial charge >= 0.3 is 0 Å². The molecule has 2 rings (SSSR count). The second-order valence-corrected chi connectivity index (χ2v) is 4.41. The molecule has 6 nitrogen and oxygen atoms in total. The lowest BCUT2D eigenvalue weighted by molar-refractivity contribution is -0.483. The van der Waals surface area contributed by atoms with Gasteiger partial charge in [0.1, 0.15) is 0 Å². The Bertz CT molecular complexity index is 548. The van der Waals surface area contributed by atoms with Gasteiger partial charge in [-0.2, -0.15) is 0 Å². The number of hydrogen-bond acceptors (Lipinski definition) is 5. The fourth-order valence-corrected chi connectivity index (χ4v) is 1.97. The standard InChI is InChI=1S/C14H16N4O2/c15-14(17-11-6-2-1-3-7-11)12(10-18(19)20)13-8-4-5-9-16-13/h1-9,12,14,17H,10,15H2. The molecule has 0 aliphatic rings. The quantitative estimate of drug-likeness (QED) is 0.475. The minimum absolute atomic E-state index is 0.266. The first-order valence-corrected chi connectivity index (χ1v) is 6.26. The molecule has 20 heavy (non-hydrogen) atoms. The first kappa shape index (κ1) is 14.0. The number of nitrogens with two attached hydrogens (primary N) is 1. The van der Waals surface area contributed by atoms with Gasteiger partial charge in [-0.3, -0.25) is 15.1 Å². The van der Waals surface area contributed by atoms with E-state index in [1.807, 2.05) is 30.3 Å². The summed E-state index contributed by atoms with van der Waals surface area (Å²) >= 11 is 0. The summed E-state index contributed by atoms with van der Waals surface area (Å²) in [6.07, 6.45) is 1.02. The molecule has 1 aromatic carbocycles. The molecular weight excluding hydrogens is 256 g/mol. The Morgan fingerprint density at radius 2 is 1.90 bits per heavy atom. The first-order chi connectivity index (χ1) is 9.66. The van der Waals surface area contributed by atoms with Gasteiger partial charge in [-0.1, -0.05) is 24.3 Å². The van der Waals surface area contributed by atoms with Crippen LogP contribution in [0.15, 0.2) is 54.7 Å². The Hall–Kier alpha value is -2.47. The van der Waals surface area contributed by atoms with Gasteiger partial charge in [0.05, 0.1) is 17.8 Å². The zero-order chi connectivity index (χ0) is 14.4. The maximum atomic E-state index is 10.8. The highest BCUT2D eigenvalue weighted by molar-refractivity contribution is 5.43. The van der Waals surface area contributed by atoms with Crippen LogP contribution in [0.5, 0.6) is 0 Å². The van der Waals surface area contributed by atoms with E-state index >= 15 is 0 Å². The van der Waals surface area contributed by atoms with Crippen LogP contribution in [0.4, 0.5) is 5.69 Å². The van der Waals surface area contributed by atoms with E-state index in [-0.39, 0.29) is 11.5 Å². The monoisotopic (exact) mass is 272 g/mol. The van der Waals surface area contributed by atoms with Gasteiger partial charge in [-0.15, -0.1) is 0 Å². The van der Waals surface area contributed by atoms with Crippen molar-refractivity contribution in [2.45, 2.75) is 12.1 Å². The number of anilines is 1. The summed E-state index contributed by atoms with van der Waals surface area (Å²) < 4.78 is 0. The third-order valence-corrected chi connectivity index (χ3v) is 2.95. The van der Waals surface area contributed by atoms with Crippen molar-refractivity contribution in [2.24, 2.45) is 5.73 Å². The second kappa shape index (κ2) is 6.63. The van der Waals surface area contributed by atoms with Crippen LogP contribution in [0, 0.1) is 10.1 Å². The summed E-state index contributed by atoms with van der Waals surface area (Å²) in [5.41, 5.74) is 7.51. The number of rotatable bonds is 6. The summed E-state index contributed by atoms with van der Waals surface area (Å²) in [5, 5.41) is 13.9. The Morgan fingerprint density at radius 1 is 1.20 bits per heavy atom. The van der Waals surface area contributed by atoms with Gasteiger partial charge in [0.2, 0.25) is 6.54 Å². The van der Waals surface area contributed by atoms with Crippen LogP contribution in [0.1, 0.15) is 11.6 Å². The van der Waals surface area contributed by atoms with Crippen molar-refractivity contribution >= 4 is 5.69 Å². The number of aromatic nitrogens is 1. The van der Waals surface area contributed by atoms with E-state index < -0.39 is 12.1 Å². The van der Waals surface area contributed by atoms with Crippen molar-refractivity contribution in [3.63, 3.8) is 0 Å². The topological polar surface area (TPSA) is 94.1 Å². The highest BCUT2D eigenvalue weighted by Gasteiger charge is 2.26. The minimum atomic E-state index is -0.585. The SMILES string of the molecule is NC(Nc1ccccc1)C(C[N+](=O)[O-])c1ccccn1. The largest absolute Gasteiger partial charge is 0.369 e. The average Bonchev–Trinajstić information content (AvgIpc) is 2.46. The van der Waals surface area contributed by atoms with Crippen LogP contribution < -0.4 is 11.1 Å². The first-order valence-electron chi connectivity index (χ1n) is 6.26. The van der Waals surface area contributed by atoms with Gasteiger partial charge < -0.3 is 11.1 Å². The molecule has 0 amide bonds. The number of nitro groups is 1. The predicted octanol–water partition coefficient (Wildman–Crippen LogP) is 1.84. The molecule has 2 aromatic rings. The van der Waals surface area contributed by atoms with Crippen LogP contribution >= 0.6 is 0 Å².